The molecular formula is C29H24FN5O2S2. The number of thiazole rings is 1. The molecule has 0 aliphatic carbocycles. The molecule has 0 saturated heterocycles. The molecule has 0 spiro atoms. The fourth-order valence-electron chi connectivity index (χ4n) is 4.12. The van der Waals surface area contributed by atoms with Gasteiger partial charge in [0.15, 0.2) is 16.6 Å². The Labute approximate surface area is 233 Å². The number of hydrogen-bond acceptors (Lipinski definition) is 8. The van der Waals surface area contributed by atoms with Crippen molar-refractivity contribution in [1.82, 2.24) is 20.3 Å². The highest BCUT2D eigenvalue weighted by Crippen LogP contribution is 2.36. The summed E-state index contributed by atoms with van der Waals surface area (Å²) in [5.41, 5.74) is 0.430. The summed E-state index contributed by atoms with van der Waals surface area (Å²) in [5, 5.41) is 17.1. The number of pyridine rings is 2. The van der Waals surface area contributed by atoms with E-state index in [1.165, 1.54) is 23.6 Å². The number of hydrogen-bond donors (Lipinski definition) is 3. The van der Waals surface area contributed by atoms with Gasteiger partial charge in [0.25, 0.3) is 5.91 Å². The lowest BCUT2D eigenvalue weighted by molar-refractivity contribution is 0.0928. The summed E-state index contributed by atoms with van der Waals surface area (Å²) >= 11 is 2.50. The molecule has 5 aromatic rings. The van der Waals surface area contributed by atoms with E-state index in [2.05, 4.69) is 25.6 Å². The number of aromatic nitrogens is 3. The number of halogens is 1. The predicted molar refractivity (Wildman–Crippen MR) is 151 cm³/mol. The Hall–Kier alpha value is -4.12. The molecule has 3 heterocycles. The Bertz CT molecular complexity index is 1500. The molecule has 2 aromatic carbocycles. The number of benzene rings is 2. The quantitative estimate of drug-likeness (QED) is 0.203. The van der Waals surface area contributed by atoms with Crippen LogP contribution in [0.25, 0.3) is 0 Å². The Morgan fingerprint density at radius 3 is 2.23 bits per heavy atom. The zero-order valence-electron chi connectivity index (χ0n) is 20.6. The van der Waals surface area contributed by atoms with Crippen LogP contribution < -0.4 is 10.6 Å². The number of nitrogens with zero attached hydrogens (tertiary/aromatic N) is 3. The highest BCUT2D eigenvalue weighted by Gasteiger charge is 2.34. The van der Waals surface area contributed by atoms with E-state index >= 15 is 4.39 Å². The Kier molecular flexibility index (Phi) is 8.26. The summed E-state index contributed by atoms with van der Waals surface area (Å²) < 4.78 is 16.2. The number of carbonyl (C=O) groups is 1. The van der Waals surface area contributed by atoms with E-state index in [-0.39, 0.29) is 23.7 Å². The average Bonchev–Trinajstić information content (AvgIpc) is 3.43. The van der Waals surface area contributed by atoms with Crippen molar-refractivity contribution in [3.63, 3.8) is 0 Å². The first-order valence-electron chi connectivity index (χ1n) is 12.1. The zero-order chi connectivity index (χ0) is 27.1. The van der Waals surface area contributed by atoms with Gasteiger partial charge in [-0.05, 0) is 29.3 Å². The Morgan fingerprint density at radius 2 is 1.59 bits per heavy atom. The molecule has 5 rings (SSSR count). The molecule has 0 radical (unpaired) electrons. The number of rotatable bonds is 10. The number of amides is 1. The Balaban J connectivity index is 1.33. The molecule has 3 N–H and O–H groups in total. The van der Waals surface area contributed by atoms with Crippen LogP contribution in [0.4, 0.5) is 15.3 Å². The van der Waals surface area contributed by atoms with E-state index in [0.717, 1.165) is 27.1 Å². The fraction of sp³-hybridized carbons (Fsp3) is 0.103. The van der Waals surface area contributed by atoms with Gasteiger partial charge in [-0.25, -0.2) is 19.3 Å². The van der Waals surface area contributed by atoms with Gasteiger partial charge >= 0.3 is 0 Å². The van der Waals surface area contributed by atoms with E-state index < -0.39 is 17.1 Å². The van der Waals surface area contributed by atoms with Crippen LogP contribution >= 0.6 is 23.1 Å². The van der Waals surface area contributed by atoms with Gasteiger partial charge in [-0.15, -0.1) is 0 Å². The largest absolute Gasteiger partial charge is 0.395 e. The lowest BCUT2D eigenvalue weighted by Gasteiger charge is -2.33. The topological polar surface area (TPSA) is 100 Å². The van der Waals surface area contributed by atoms with Crippen molar-refractivity contribution in [1.29, 1.82) is 0 Å². The molecular weight excluding hydrogens is 533 g/mol. The maximum absolute atomic E-state index is 15.5. The third-order valence-electron chi connectivity index (χ3n) is 6.14. The first kappa shape index (κ1) is 26.5. The summed E-state index contributed by atoms with van der Waals surface area (Å²) in [6, 6.07) is 25.9. The van der Waals surface area contributed by atoms with Crippen molar-refractivity contribution in [2.75, 3.05) is 18.5 Å². The molecule has 0 aliphatic rings. The predicted octanol–water partition coefficient (Wildman–Crippen LogP) is 5.68. The van der Waals surface area contributed by atoms with Crippen molar-refractivity contribution in [2.45, 2.75) is 14.5 Å². The van der Waals surface area contributed by atoms with Crippen molar-refractivity contribution in [3.8, 4) is 0 Å². The zero-order valence-corrected chi connectivity index (χ0v) is 22.3. The number of nitrogens with one attached hydrogen (secondary N) is 2. The van der Waals surface area contributed by atoms with E-state index in [0.29, 0.717) is 10.9 Å². The molecule has 0 aliphatic heterocycles. The van der Waals surface area contributed by atoms with Crippen molar-refractivity contribution in [2.24, 2.45) is 0 Å². The van der Waals surface area contributed by atoms with Crippen LogP contribution in [0.15, 0.2) is 113 Å². The number of aliphatic hydroxyl groups is 1. The van der Waals surface area contributed by atoms with Gasteiger partial charge in [0, 0.05) is 18.9 Å². The van der Waals surface area contributed by atoms with Crippen molar-refractivity contribution >= 4 is 40.0 Å². The van der Waals surface area contributed by atoms with Crippen LogP contribution in [-0.2, 0) is 5.41 Å². The second-order valence-corrected chi connectivity index (χ2v) is 10.9. The lowest BCUT2D eigenvalue weighted by atomic mass is 9.75. The third-order valence-corrected chi connectivity index (χ3v) is 8.19. The molecule has 39 heavy (non-hydrogen) atoms. The normalized spacial score (nSPS) is 11.2. The van der Waals surface area contributed by atoms with Gasteiger partial charge in [-0.3, -0.25) is 4.79 Å². The number of aliphatic hydroxyl groups excluding tert-OH is 1. The summed E-state index contributed by atoms with van der Waals surface area (Å²) in [6.45, 7) is -0.209. The second kappa shape index (κ2) is 12.2. The maximum atomic E-state index is 15.5. The molecule has 0 fully saturated rings. The maximum Gasteiger partial charge on any atom is 0.273 e. The highest BCUT2D eigenvalue weighted by atomic mass is 32.2. The van der Waals surface area contributed by atoms with Crippen LogP contribution in [0.2, 0.25) is 0 Å². The van der Waals surface area contributed by atoms with Gasteiger partial charge in [0.1, 0.15) is 5.82 Å². The standard InChI is InChI=1S/C29H24FN5O2S2/c30-25-22(38-24-17-33-28(39-24)35-23-13-7-8-15-31-23)14-16-32-26(25)27(37)34-18-29(19-36,20-9-3-1-4-10-20)21-11-5-2-6-12-21/h1-17,36H,18-19H2,(H,34,37)(H,31,33,35). The van der Waals surface area contributed by atoms with Gasteiger partial charge < -0.3 is 15.7 Å². The number of carbonyl (C=O) groups excluding carboxylic acids is 1. The van der Waals surface area contributed by atoms with Crippen LogP contribution in [0.5, 0.6) is 0 Å². The summed E-state index contributed by atoms with van der Waals surface area (Å²) in [4.78, 5) is 26.0. The molecule has 0 unspecified atom stereocenters. The SMILES string of the molecule is O=C(NCC(CO)(c1ccccc1)c1ccccc1)c1nccc(Sc2cnc(Nc3ccccn3)s2)c1F. The molecule has 1 amide bonds. The van der Waals surface area contributed by atoms with Gasteiger partial charge in [-0.2, -0.15) is 0 Å². The van der Waals surface area contributed by atoms with E-state index in [1.807, 2.05) is 78.9 Å². The van der Waals surface area contributed by atoms with Crippen molar-refractivity contribution in [3.05, 3.63) is 126 Å². The lowest BCUT2D eigenvalue weighted by Crippen LogP contribution is -2.44. The molecule has 10 heteroatoms. The smallest absolute Gasteiger partial charge is 0.273 e. The molecule has 196 valence electrons. The van der Waals surface area contributed by atoms with Crippen LogP contribution in [0.1, 0.15) is 21.6 Å². The van der Waals surface area contributed by atoms with Crippen LogP contribution in [-0.4, -0.2) is 39.1 Å². The minimum Gasteiger partial charge on any atom is -0.395 e. The summed E-state index contributed by atoms with van der Waals surface area (Å²) in [6.07, 6.45) is 4.71. The Morgan fingerprint density at radius 1 is 0.897 bits per heavy atom. The van der Waals surface area contributed by atoms with Gasteiger partial charge in [0.2, 0.25) is 0 Å². The monoisotopic (exact) mass is 557 g/mol. The van der Waals surface area contributed by atoms with Crippen molar-refractivity contribution < 1.29 is 14.3 Å². The minimum atomic E-state index is -0.916. The van der Waals surface area contributed by atoms with E-state index in [9.17, 15) is 9.90 Å². The summed E-state index contributed by atoms with van der Waals surface area (Å²) in [5.74, 6) is -0.731. The fourth-order valence-corrected chi connectivity index (χ4v) is 5.99. The first-order valence-corrected chi connectivity index (χ1v) is 13.7. The molecule has 3 aromatic heterocycles. The third kappa shape index (κ3) is 5.98. The molecule has 0 atom stereocenters. The van der Waals surface area contributed by atoms with E-state index in [4.69, 9.17) is 0 Å². The minimum absolute atomic E-state index is 0.0479. The molecule has 0 bridgehead atoms. The van der Waals surface area contributed by atoms with E-state index in [1.54, 1.807) is 12.4 Å². The highest BCUT2D eigenvalue weighted by molar-refractivity contribution is 8.01. The van der Waals surface area contributed by atoms with Crippen LogP contribution in [0.3, 0.4) is 0 Å². The van der Waals surface area contributed by atoms with Gasteiger partial charge in [0.05, 0.1) is 27.3 Å². The number of anilines is 2. The molecule has 0 saturated carbocycles. The van der Waals surface area contributed by atoms with Crippen LogP contribution in [0, 0.1) is 5.82 Å². The first-order chi connectivity index (χ1) is 19.1. The summed E-state index contributed by atoms with van der Waals surface area (Å²) in [7, 11) is 0. The molecule has 7 nitrogen and oxygen atoms in total. The second-order valence-electron chi connectivity index (χ2n) is 8.55. The van der Waals surface area contributed by atoms with Gasteiger partial charge in [-0.1, -0.05) is 89.8 Å². The average molecular weight is 558 g/mol.